The van der Waals surface area contributed by atoms with Crippen molar-refractivity contribution in [3.63, 3.8) is 0 Å². The Morgan fingerprint density at radius 2 is 2.23 bits per heavy atom. The summed E-state index contributed by atoms with van der Waals surface area (Å²) < 4.78 is 17.4. The molecule has 4 rings (SSSR count). The van der Waals surface area contributed by atoms with Crippen LogP contribution in [-0.2, 0) is 25.4 Å². The second-order valence-electron chi connectivity index (χ2n) is 8.51. The zero-order valence-corrected chi connectivity index (χ0v) is 18.1. The van der Waals surface area contributed by atoms with Gasteiger partial charge >= 0.3 is 5.97 Å². The molecule has 1 N–H and O–H groups in total. The molecule has 2 aliphatic heterocycles. The van der Waals surface area contributed by atoms with Crippen molar-refractivity contribution in [2.45, 2.75) is 57.8 Å². The van der Waals surface area contributed by atoms with E-state index < -0.39 is 0 Å². The van der Waals surface area contributed by atoms with Crippen LogP contribution in [0.2, 0.25) is 0 Å². The predicted molar refractivity (Wildman–Crippen MR) is 116 cm³/mol. The van der Waals surface area contributed by atoms with Crippen molar-refractivity contribution < 1.29 is 19.0 Å². The number of hydrogen-bond donors (Lipinski definition) is 1. The van der Waals surface area contributed by atoms with E-state index in [9.17, 15) is 10.1 Å². The number of rotatable bonds is 5. The lowest BCUT2D eigenvalue weighted by molar-refractivity contribution is -0.164. The molecule has 0 radical (unpaired) electrons. The third kappa shape index (κ3) is 5.38. The van der Waals surface area contributed by atoms with Crippen LogP contribution in [0.4, 0.5) is 0 Å². The number of nitriles is 1. The maximum atomic E-state index is 11.9. The van der Waals surface area contributed by atoms with Crippen LogP contribution in [0.25, 0.3) is 10.9 Å². The van der Waals surface area contributed by atoms with Gasteiger partial charge in [0.1, 0.15) is 6.10 Å². The first-order valence-corrected chi connectivity index (χ1v) is 11.3. The van der Waals surface area contributed by atoms with E-state index in [-0.39, 0.29) is 24.3 Å². The number of carbonyl (C=O) groups is 1. The Bertz CT molecular complexity index is 929. The molecule has 0 amide bonds. The molecule has 1 aromatic heterocycles. The van der Waals surface area contributed by atoms with E-state index in [1.165, 1.54) is 6.92 Å². The fraction of sp³-hybridized carbons (Fsp3) is 0.583. The summed E-state index contributed by atoms with van der Waals surface area (Å²) in [5, 5.41) is 10.8. The minimum absolute atomic E-state index is 0.123. The van der Waals surface area contributed by atoms with Gasteiger partial charge in [0.05, 0.1) is 12.3 Å². The molecular formula is C24H31N3O4. The van der Waals surface area contributed by atoms with Crippen LogP contribution < -0.4 is 0 Å². The highest BCUT2D eigenvalue weighted by molar-refractivity contribution is 5.85. The smallest absolute Gasteiger partial charge is 0.303 e. The number of benzene rings is 1. The molecule has 0 aliphatic carbocycles. The molecule has 0 saturated carbocycles. The maximum Gasteiger partial charge on any atom is 0.303 e. The molecule has 2 aromatic rings. The van der Waals surface area contributed by atoms with Crippen molar-refractivity contribution in [2.75, 3.05) is 26.3 Å². The molecule has 1 fully saturated rings. The Labute approximate surface area is 183 Å². The normalized spacial score (nSPS) is 24.5. The third-order valence-electron chi connectivity index (χ3n) is 6.24. The average Bonchev–Trinajstić information content (AvgIpc) is 3.16. The largest absolute Gasteiger partial charge is 0.456 e. The summed E-state index contributed by atoms with van der Waals surface area (Å²) in [5.74, 6) is -0.137. The van der Waals surface area contributed by atoms with Gasteiger partial charge in [0.2, 0.25) is 0 Å². The number of fused-ring (bicyclic) bond motifs is 3. The number of para-hydroxylation sites is 1. The molecular weight excluding hydrogens is 394 g/mol. The molecule has 2 aliphatic rings. The van der Waals surface area contributed by atoms with Crippen LogP contribution in [0.15, 0.2) is 24.3 Å². The number of carbonyl (C=O) groups excluding carboxylic acids is 1. The summed E-state index contributed by atoms with van der Waals surface area (Å²) in [5.41, 5.74) is 3.12. The van der Waals surface area contributed by atoms with Gasteiger partial charge < -0.3 is 24.1 Å². The second kappa shape index (κ2) is 10.2. The van der Waals surface area contributed by atoms with Gasteiger partial charge in [-0.05, 0) is 56.1 Å². The monoisotopic (exact) mass is 425 g/mol. The van der Waals surface area contributed by atoms with E-state index >= 15 is 0 Å². The van der Waals surface area contributed by atoms with Gasteiger partial charge in [-0.15, -0.1) is 0 Å². The van der Waals surface area contributed by atoms with Gasteiger partial charge in [0, 0.05) is 37.5 Å². The van der Waals surface area contributed by atoms with Crippen LogP contribution in [0.1, 0.15) is 56.4 Å². The van der Waals surface area contributed by atoms with E-state index in [1.54, 1.807) is 0 Å². The number of hydrogen-bond acceptors (Lipinski definition) is 6. The van der Waals surface area contributed by atoms with E-state index in [0.29, 0.717) is 26.1 Å². The molecule has 7 heteroatoms. The summed E-state index contributed by atoms with van der Waals surface area (Å²) in [6, 6.07) is 8.13. The van der Waals surface area contributed by atoms with Crippen LogP contribution in [0.3, 0.4) is 0 Å². The molecule has 166 valence electrons. The quantitative estimate of drug-likeness (QED) is 0.574. The molecule has 1 aromatic carbocycles. The van der Waals surface area contributed by atoms with Crippen LogP contribution in [0, 0.1) is 17.4 Å². The second-order valence-corrected chi connectivity index (χ2v) is 8.51. The van der Waals surface area contributed by atoms with Gasteiger partial charge in [-0.3, -0.25) is 4.79 Å². The first kappa shape index (κ1) is 21.7. The zero-order valence-electron chi connectivity index (χ0n) is 18.1. The van der Waals surface area contributed by atoms with Gasteiger partial charge in [0.25, 0.3) is 0 Å². The minimum atomic E-state index is -0.366. The number of aromatic nitrogens is 1. The fourth-order valence-electron chi connectivity index (χ4n) is 4.73. The van der Waals surface area contributed by atoms with Crippen molar-refractivity contribution >= 4 is 16.9 Å². The molecule has 31 heavy (non-hydrogen) atoms. The standard InChI is InChI=1S/C24H31N3O4/c1-17(28)31-22-14-18(10-13-30-23-8-4-5-12-29-23)15-27(16-25)11-9-20-19-6-2-3-7-21(19)26-24(20)22/h2-3,6-7,18,22-23,26H,4-5,8-15H2,1H3. The number of nitrogens with one attached hydrogen (secondary N) is 1. The zero-order chi connectivity index (χ0) is 21.6. The Balaban J connectivity index is 1.55. The SMILES string of the molecule is CC(=O)OC1CC(CCOC2CCCCO2)CN(C#N)CCc2c1[nH]c1ccccc21. The summed E-state index contributed by atoms with van der Waals surface area (Å²) in [7, 11) is 0. The van der Waals surface area contributed by atoms with Crippen LogP contribution in [-0.4, -0.2) is 48.4 Å². The summed E-state index contributed by atoms with van der Waals surface area (Å²) >= 11 is 0. The summed E-state index contributed by atoms with van der Waals surface area (Å²) in [4.78, 5) is 17.2. The van der Waals surface area contributed by atoms with Crippen molar-refractivity contribution in [3.8, 4) is 6.19 Å². The number of H-pyrrole nitrogens is 1. The van der Waals surface area contributed by atoms with Gasteiger partial charge in [0.15, 0.2) is 12.5 Å². The van der Waals surface area contributed by atoms with Crippen LogP contribution in [0.5, 0.6) is 0 Å². The first-order chi connectivity index (χ1) is 15.1. The molecule has 0 bridgehead atoms. The van der Waals surface area contributed by atoms with E-state index in [0.717, 1.165) is 60.9 Å². The van der Waals surface area contributed by atoms with Crippen molar-refractivity contribution in [1.29, 1.82) is 5.26 Å². The highest BCUT2D eigenvalue weighted by atomic mass is 16.7. The average molecular weight is 426 g/mol. The Morgan fingerprint density at radius 3 is 3.00 bits per heavy atom. The lowest BCUT2D eigenvalue weighted by atomic mass is 9.95. The maximum absolute atomic E-state index is 11.9. The highest BCUT2D eigenvalue weighted by Gasteiger charge is 2.29. The Hall–Kier alpha value is -2.56. The summed E-state index contributed by atoms with van der Waals surface area (Å²) in [6.45, 7) is 4.05. The molecule has 3 heterocycles. The van der Waals surface area contributed by atoms with Crippen molar-refractivity contribution in [3.05, 3.63) is 35.5 Å². The van der Waals surface area contributed by atoms with E-state index in [1.807, 2.05) is 23.1 Å². The Kier molecular flexibility index (Phi) is 7.10. The molecule has 0 spiro atoms. The van der Waals surface area contributed by atoms with E-state index in [4.69, 9.17) is 14.2 Å². The lowest BCUT2D eigenvalue weighted by Gasteiger charge is -2.27. The van der Waals surface area contributed by atoms with Gasteiger partial charge in [-0.1, -0.05) is 18.2 Å². The minimum Gasteiger partial charge on any atom is -0.456 e. The Morgan fingerprint density at radius 1 is 1.35 bits per heavy atom. The number of aromatic amines is 1. The topological polar surface area (TPSA) is 87.6 Å². The van der Waals surface area contributed by atoms with Crippen LogP contribution >= 0.6 is 0 Å². The lowest BCUT2D eigenvalue weighted by Crippen LogP contribution is -2.29. The third-order valence-corrected chi connectivity index (χ3v) is 6.24. The molecule has 1 saturated heterocycles. The van der Waals surface area contributed by atoms with Gasteiger partial charge in [-0.2, -0.15) is 5.26 Å². The highest BCUT2D eigenvalue weighted by Crippen LogP contribution is 2.35. The van der Waals surface area contributed by atoms with Crippen molar-refractivity contribution in [1.82, 2.24) is 9.88 Å². The number of ether oxygens (including phenoxy) is 3. The number of nitrogens with zero attached hydrogens (tertiary/aromatic N) is 2. The van der Waals surface area contributed by atoms with Gasteiger partial charge in [-0.25, -0.2) is 0 Å². The summed E-state index contributed by atoms with van der Waals surface area (Å²) in [6.07, 6.45) is 7.17. The van der Waals surface area contributed by atoms with E-state index in [2.05, 4.69) is 17.2 Å². The van der Waals surface area contributed by atoms with Crippen molar-refractivity contribution in [2.24, 2.45) is 5.92 Å². The number of esters is 1. The molecule has 3 unspecified atom stereocenters. The predicted octanol–water partition coefficient (Wildman–Crippen LogP) is 4.05. The molecule has 7 nitrogen and oxygen atoms in total. The fourth-order valence-corrected chi connectivity index (χ4v) is 4.73. The first-order valence-electron chi connectivity index (χ1n) is 11.3. The molecule has 3 atom stereocenters.